The molecule has 1 amide bonds. The molecule has 0 saturated carbocycles. The quantitative estimate of drug-likeness (QED) is 0.670. The number of carboxylic acids is 1. The average Bonchev–Trinajstić information content (AvgIpc) is 2.75. The zero-order valence-electron chi connectivity index (χ0n) is 10.3. The van der Waals surface area contributed by atoms with E-state index in [1.807, 2.05) is 6.92 Å². The van der Waals surface area contributed by atoms with E-state index in [0.29, 0.717) is 19.5 Å². The minimum absolute atomic E-state index is 0.0391. The number of methoxy groups -OCH3 is 1. The Morgan fingerprint density at radius 2 is 2.24 bits per heavy atom. The zero-order chi connectivity index (χ0) is 12.8. The van der Waals surface area contributed by atoms with Crippen molar-refractivity contribution in [2.24, 2.45) is 0 Å². The van der Waals surface area contributed by atoms with Crippen LogP contribution in [0.2, 0.25) is 0 Å². The van der Waals surface area contributed by atoms with Crippen LogP contribution >= 0.6 is 0 Å². The van der Waals surface area contributed by atoms with Crippen molar-refractivity contribution < 1.29 is 19.4 Å². The van der Waals surface area contributed by atoms with Crippen molar-refractivity contribution >= 4 is 11.9 Å². The van der Waals surface area contributed by atoms with Gasteiger partial charge in [0.05, 0.1) is 12.1 Å². The third-order valence-electron chi connectivity index (χ3n) is 2.85. The molecule has 98 valence electrons. The monoisotopic (exact) mass is 244 g/mol. The van der Waals surface area contributed by atoms with Crippen LogP contribution in [0.1, 0.15) is 19.8 Å². The van der Waals surface area contributed by atoms with Crippen molar-refractivity contribution in [3.63, 3.8) is 0 Å². The Bertz CT molecular complexity index is 283. The third-order valence-corrected chi connectivity index (χ3v) is 2.85. The maximum atomic E-state index is 12.1. The van der Waals surface area contributed by atoms with E-state index in [1.54, 1.807) is 7.11 Å². The molecule has 0 aromatic heterocycles. The lowest BCUT2D eigenvalue weighted by Crippen LogP contribution is -2.46. The summed E-state index contributed by atoms with van der Waals surface area (Å²) < 4.78 is 5.16. The highest BCUT2D eigenvalue weighted by atomic mass is 16.5. The fourth-order valence-electron chi connectivity index (χ4n) is 1.99. The molecule has 1 fully saturated rings. The molecular formula is C11H20N2O4. The first kappa shape index (κ1) is 13.9. The molecule has 17 heavy (non-hydrogen) atoms. The first-order chi connectivity index (χ1) is 8.08. The molecule has 1 saturated heterocycles. The Hall–Kier alpha value is -1.14. The minimum atomic E-state index is -0.979. The number of carboxylic acid groups (broad SMARTS) is 1. The first-order valence-electron chi connectivity index (χ1n) is 5.85. The highest BCUT2D eigenvalue weighted by Crippen LogP contribution is 2.12. The van der Waals surface area contributed by atoms with Gasteiger partial charge in [-0.25, -0.2) is 0 Å². The Morgan fingerprint density at radius 3 is 2.71 bits per heavy atom. The molecule has 1 rings (SSSR count). The molecule has 6 nitrogen and oxygen atoms in total. The predicted octanol–water partition coefficient (Wildman–Crippen LogP) is -0.313. The van der Waals surface area contributed by atoms with Crippen LogP contribution in [-0.2, 0) is 14.3 Å². The fourth-order valence-corrected chi connectivity index (χ4v) is 1.99. The SMILES string of the molecule is CCCN(CC(=O)O)C(=O)C1CC(OC)CN1. The Labute approximate surface area is 101 Å². The maximum Gasteiger partial charge on any atom is 0.323 e. The standard InChI is InChI=1S/C11H20N2O4/c1-3-4-13(7-10(14)15)11(16)9-5-8(17-2)6-12-9/h8-9,12H,3-7H2,1-2H3,(H,14,15). The van der Waals surface area contributed by atoms with Crippen molar-refractivity contribution in [2.45, 2.75) is 31.9 Å². The second kappa shape index (κ2) is 6.56. The zero-order valence-corrected chi connectivity index (χ0v) is 10.3. The number of carbonyl (C=O) groups excluding carboxylic acids is 1. The van der Waals surface area contributed by atoms with Gasteiger partial charge in [0.25, 0.3) is 0 Å². The lowest BCUT2D eigenvalue weighted by atomic mass is 10.1. The van der Waals surface area contributed by atoms with E-state index in [4.69, 9.17) is 9.84 Å². The van der Waals surface area contributed by atoms with Crippen molar-refractivity contribution in [3.05, 3.63) is 0 Å². The molecule has 1 aliphatic rings. The lowest BCUT2D eigenvalue weighted by Gasteiger charge is -2.23. The number of carbonyl (C=O) groups is 2. The second-order valence-corrected chi connectivity index (χ2v) is 4.21. The van der Waals surface area contributed by atoms with Crippen LogP contribution in [0.4, 0.5) is 0 Å². The van der Waals surface area contributed by atoms with Gasteiger partial charge >= 0.3 is 5.97 Å². The minimum Gasteiger partial charge on any atom is -0.480 e. The van der Waals surface area contributed by atoms with E-state index in [2.05, 4.69) is 5.32 Å². The van der Waals surface area contributed by atoms with Gasteiger partial charge < -0.3 is 20.1 Å². The summed E-state index contributed by atoms with van der Waals surface area (Å²) >= 11 is 0. The molecule has 2 N–H and O–H groups in total. The number of ether oxygens (including phenoxy) is 1. The number of hydrogen-bond donors (Lipinski definition) is 2. The van der Waals surface area contributed by atoms with Gasteiger partial charge in [-0.3, -0.25) is 9.59 Å². The van der Waals surface area contributed by atoms with E-state index in [0.717, 1.165) is 6.42 Å². The first-order valence-corrected chi connectivity index (χ1v) is 5.85. The van der Waals surface area contributed by atoms with Crippen molar-refractivity contribution in [1.82, 2.24) is 10.2 Å². The van der Waals surface area contributed by atoms with Gasteiger partial charge in [0.15, 0.2) is 0 Å². The van der Waals surface area contributed by atoms with Crippen LogP contribution in [0.3, 0.4) is 0 Å². The van der Waals surface area contributed by atoms with Gasteiger partial charge in [-0.2, -0.15) is 0 Å². The molecule has 1 aliphatic heterocycles. The topological polar surface area (TPSA) is 78.9 Å². The van der Waals surface area contributed by atoms with Crippen molar-refractivity contribution in [3.8, 4) is 0 Å². The summed E-state index contributed by atoms with van der Waals surface area (Å²) in [5, 5.41) is 11.8. The Kier molecular flexibility index (Phi) is 5.37. The van der Waals surface area contributed by atoms with Gasteiger partial charge in [-0.05, 0) is 12.8 Å². The molecule has 6 heteroatoms. The largest absolute Gasteiger partial charge is 0.480 e. The summed E-state index contributed by atoms with van der Waals surface area (Å²) in [6, 6.07) is -0.314. The van der Waals surface area contributed by atoms with Gasteiger partial charge in [0.2, 0.25) is 5.91 Å². The van der Waals surface area contributed by atoms with E-state index in [9.17, 15) is 9.59 Å². The van der Waals surface area contributed by atoms with E-state index in [-0.39, 0.29) is 24.6 Å². The van der Waals surface area contributed by atoms with Crippen LogP contribution < -0.4 is 5.32 Å². The Balaban J connectivity index is 2.55. The fraction of sp³-hybridized carbons (Fsp3) is 0.818. The summed E-state index contributed by atoms with van der Waals surface area (Å²) in [6.45, 7) is 2.80. The molecule has 0 spiro atoms. The van der Waals surface area contributed by atoms with Crippen molar-refractivity contribution in [1.29, 1.82) is 0 Å². The summed E-state index contributed by atoms with van der Waals surface area (Å²) in [5.41, 5.74) is 0. The number of amides is 1. The highest BCUT2D eigenvalue weighted by molar-refractivity contribution is 5.85. The third kappa shape index (κ3) is 3.98. The van der Waals surface area contributed by atoms with E-state index >= 15 is 0 Å². The number of rotatable bonds is 6. The number of nitrogens with one attached hydrogen (secondary N) is 1. The van der Waals surface area contributed by atoms with Crippen LogP contribution in [-0.4, -0.2) is 60.8 Å². The van der Waals surface area contributed by atoms with Gasteiger partial charge in [0.1, 0.15) is 6.54 Å². The maximum absolute atomic E-state index is 12.1. The average molecular weight is 244 g/mol. The van der Waals surface area contributed by atoms with Crippen molar-refractivity contribution in [2.75, 3.05) is 26.7 Å². The van der Waals surface area contributed by atoms with Crippen LogP contribution in [0, 0.1) is 0 Å². The van der Waals surface area contributed by atoms with Gasteiger partial charge in [-0.1, -0.05) is 6.92 Å². The number of hydrogen-bond acceptors (Lipinski definition) is 4. The van der Waals surface area contributed by atoms with Gasteiger partial charge in [-0.15, -0.1) is 0 Å². The predicted molar refractivity (Wildman–Crippen MR) is 61.7 cm³/mol. The molecule has 0 radical (unpaired) electrons. The Morgan fingerprint density at radius 1 is 1.53 bits per heavy atom. The van der Waals surface area contributed by atoms with E-state index < -0.39 is 5.97 Å². The second-order valence-electron chi connectivity index (χ2n) is 4.21. The molecule has 1 heterocycles. The summed E-state index contributed by atoms with van der Waals surface area (Å²) in [4.78, 5) is 24.1. The lowest BCUT2D eigenvalue weighted by molar-refractivity contribution is -0.145. The van der Waals surface area contributed by atoms with Crippen LogP contribution in [0.15, 0.2) is 0 Å². The molecule has 2 unspecified atom stereocenters. The molecular weight excluding hydrogens is 224 g/mol. The summed E-state index contributed by atoms with van der Waals surface area (Å²) in [7, 11) is 1.61. The molecule has 2 atom stereocenters. The smallest absolute Gasteiger partial charge is 0.323 e. The number of aliphatic carboxylic acids is 1. The van der Waals surface area contributed by atoms with Crippen LogP contribution in [0.5, 0.6) is 0 Å². The van der Waals surface area contributed by atoms with E-state index in [1.165, 1.54) is 4.90 Å². The molecule has 0 aromatic carbocycles. The summed E-state index contributed by atoms with van der Waals surface area (Å²) in [5.74, 6) is -1.12. The highest BCUT2D eigenvalue weighted by Gasteiger charge is 2.32. The molecule has 0 aromatic rings. The molecule has 0 bridgehead atoms. The van der Waals surface area contributed by atoms with Crippen LogP contribution in [0.25, 0.3) is 0 Å². The summed E-state index contributed by atoms with van der Waals surface area (Å²) in [6.07, 6.45) is 1.39. The normalized spacial score (nSPS) is 23.6. The number of nitrogens with zero attached hydrogens (tertiary/aromatic N) is 1. The van der Waals surface area contributed by atoms with Gasteiger partial charge in [0, 0.05) is 20.2 Å². The molecule has 0 aliphatic carbocycles.